The van der Waals surface area contributed by atoms with Crippen molar-refractivity contribution in [2.24, 2.45) is 5.73 Å². The molecule has 0 bridgehead atoms. The maximum atomic E-state index is 11.8. The predicted molar refractivity (Wildman–Crippen MR) is 120 cm³/mol. The van der Waals surface area contributed by atoms with E-state index in [1.807, 2.05) is 19.1 Å². The van der Waals surface area contributed by atoms with Crippen molar-refractivity contribution in [2.45, 2.75) is 102 Å². The van der Waals surface area contributed by atoms with E-state index in [1.54, 1.807) is 0 Å². The minimum atomic E-state index is -1.16. The van der Waals surface area contributed by atoms with Crippen LogP contribution in [0.1, 0.15) is 84.0 Å². The van der Waals surface area contributed by atoms with E-state index in [1.165, 1.54) is 0 Å². The van der Waals surface area contributed by atoms with Crippen LogP contribution < -0.4 is 11.1 Å². The molecule has 0 aromatic heterocycles. The molecule has 0 aromatic carbocycles. The Kier molecular flexibility index (Phi) is 17.3. The van der Waals surface area contributed by atoms with E-state index in [9.17, 15) is 24.6 Å². The van der Waals surface area contributed by atoms with Crippen LogP contribution in [0.3, 0.4) is 0 Å². The lowest BCUT2D eigenvalue weighted by atomic mass is 10.1. The Labute approximate surface area is 185 Å². The third-order valence-electron chi connectivity index (χ3n) is 4.93. The van der Waals surface area contributed by atoms with E-state index in [4.69, 9.17) is 10.8 Å². The van der Waals surface area contributed by atoms with Gasteiger partial charge < -0.3 is 26.4 Å². The van der Waals surface area contributed by atoms with Gasteiger partial charge in [0.05, 0.1) is 12.2 Å². The number of unbranched alkanes of at least 4 members (excludes halogenated alkanes) is 5. The summed E-state index contributed by atoms with van der Waals surface area (Å²) in [6, 6.07) is -1.07. The Bertz CT molecular complexity index is 576. The molecule has 31 heavy (non-hydrogen) atoms. The van der Waals surface area contributed by atoms with Gasteiger partial charge in [0.25, 0.3) is 0 Å². The molecule has 6 N–H and O–H groups in total. The number of aliphatic hydroxyl groups is 2. The number of rotatable bonds is 19. The summed E-state index contributed by atoms with van der Waals surface area (Å²) in [7, 11) is 0. The fraction of sp³-hybridized carbons (Fsp3) is 0.696. The molecule has 3 unspecified atom stereocenters. The Morgan fingerprint density at radius 1 is 0.903 bits per heavy atom. The Morgan fingerprint density at radius 3 is 2.19 bits per heavy atom. The lowest BCUT2D eigenvalue weighted by molar-refractivity contribution is -0.142. The molecule has 3 atom stereocenters. The standard InChI is InChI=1S/C23H40N2O6/c1-2-19(26)20(27)14-12-10-8-6-4-3-5-7-9-11-13-15-22(29)25-18(23(30)31)16-17-21(24)28/h4,6,10,12,18-20,26-27H,2-3,5,7-9,11,13-17H2,1H3,(H2,24,28)(H,25,29)(H,30,31). The summed E-state index contributed by atoms with van der Waals surface area (Å²) >= 11 is 0. The highest BCUT2D eigenvalue weighted by Gasteiger charge is 2.20. The molecule has 0 aliphatic heterocycles. The van der Waals surface area contributed by atoms with E-state index in [2.05, 4.69) is 17.5 Å². The van der Waals surface area contributed by atoms with Gasteiger partial charge in [-0.05, 0) is 44.9 Å². The van der Waals surface area contributed by atoms with E-state index in [0.29, 0.717) is 19.3 Å². The van der Waals surface area contributed by atoms with E-state index in [0.717, 1.165) is 38.5 Å². The summed E-state index contributed by atoms with van der Waals surface area (Å²) < 4.78 is 0. The summed E-state index contributed by atoms with van der Waals surface area (Å²) in [5.41, 5.74) is 5.01. The number of hydrogen-bond donors (Lipinski definition) is 5. The summed E-state index contributed by atoms with van der Waals surface area (Å²) in [4.78, 5) is 33.7. The molecule has 0 rings (SSSR count). The van der Waals surface area contributed by atoms with E-state index in [-0.39, 0.29) is 25.2 Å². The second kappa shape index (κ2) is 18.6. The van der Waals surface area contributed by atoms with Crippen molar-refractivity contribution in [3.05, 3.63) is 24.3 Å². The lowest BCUT2D eigenvalue weighted by Gasteiger charge is -2.13. The third-order valence-corrected chi connectivity index (χ3v) is 4.93. The second-order valence-corrected chi connectivity index (χ2v) is 7.73. The van der Waals surface area contributed by atoms with Crippen molar-refractivity contribution in [3.63, 3.8) is 0 Å². The lowest BCUT2D eigenvalue weighted by Crippen LogP contribution is -2.41. The van der Waals surface area contributed by atoms with Crippen LogP contribution in [0.2, 0.25) is 0 Å². The van der Waals surface area contributed by atoms with Gasteiger partial charge in [0.15, 0.2) is 0 Å². The third kappa shape index (κ3) is 17.2. The minimum Gasteiger partial charge on any atom is -0.480 e. The monoisotopic (exact) mass is 440 g/mol. The zero-order valence-corrected chi connectivity index (χ0v) is 18.7. The van der Waals surface area contributed by atoms with Gasteiger partial charge in [-0.3, -0.25) is 9.59 Å². The molecule has 8 nitrogen and oxygen atoms in total. The van der Waals surface area contributed by atoms with Gasteiger partial charge >= 0.3 is 5.97 Å². The number of aliphatic carboxylic acids is 1. The first-order chi connectivity index (χ1) is 14.8. The number of carboxylic acids is 1. The maximum absolute atomic E-state index is 11.8. The second-order valence-electron chi connectivity index (χ2n) is 7.73. The highest BCUT2D eigenvalue weighted by atomic mass is 16.4. The van der Waals surface area contributed by atoms with Crippen molar-refractivity contribution in [1.82, 2.24) is 5.32 Å². The number of carbonyl (C=O) groups is 3. The number of allylic oxidation sites excluding steroid dienone is 3. The van der Waals surface area contributed by atoms with Crippen LogP contribution in [0.25, 0.3) is 0 Å². The summed E-state index contributed by atoms with van der Waals surface area (Å²) in [6.45, 7) is 1.84. The number of carbonyl (C=O) groups excluding carboxylic acids is 2. The quantitative estimate of drug-likeness (QED) is 0.154. The molecular formula is C23H40N2O6. The van der Waals surface area contributed by atoms with Crippen molar-refractivity contribution < 1.29 is 29.7 Å². The molecule has 0 saturated heterocycles. The molecule has 0 fully saturated rings. The summed E-state index contributed by atoms with van der Waals surface area (Å²) in [6.07, 6.45) is 14.5. The molecule has 178 valence electrons. The fourth-order valence-electron chi connectivity index (χ4n) is 2.94. The molecule has 0 saturated carbocycles. The molecule has 0 aromatic rings. The highest BCUT2D eigenvalue weighted by Crippen LogP contribution is 2.09. The zero-order chi connectivity index (χ0) is 23.5. The highest BCUT2D eigenvalue weighted by molar-refractivity contribution is 5.84. The maximum Gasteiger partial charge on any atom is 0.326 e. The number of nitrogens with two attached hydrogens (primary N) is 1. The molecule has 0 spiro atoms. The van der Waals surface area contributed by atoms with Crippen LogP contribution in [0.5, 0.6) is 0 Å². The number of hydrogen-bond acceptors (Lipinski definition) is 5. The van der Waals surface area contributed by atoms with Gasteiger partial charge in [-0.15, -0.1) is 0 Å². The first kappa shape index (κ1) is 28.8. The van der Waals surface area contributed by atoms with Gasteiger partial charge in [-0.25, -0.2) is 4.79 Å². The number of primary amides is 1. The molecular weight excluding hydrogens is 400 g/mol. The largest absolute Gasteiger partial charge is 0.480 e. The van der Waals surface area contributed by atoms with Crippen LogP contribution >= 0.6 is 0 Å². The Hall–Kier alpha value is -2.19. The predicted octanol–water partition coefficient (Wildman–Crippen LogP) is 2.58. The van der Waals surface area contributed by atoms with Crippen molar-refractivity contribution in [1.29, 1.82) is 0 Å². The van der Waals surface area contributed by atoms with E-state index >= 15 is 0 Å². The van der Waals surface area contributed by atoms with Gasteiger partial charge in [-0.1, -0.05) is 50.5 Å². The fourth-order valence-corrected chi connectivity index (χ4v) is 2.94. The van der Waals surface area contributed by atoms with Crippen molar-refractivity contribution in [3.8, 4) is 0 Å². The van der Waals surface area contributed by atoms with Gasteiger partial charge in [0.2, 0.25) is 11.8 Å². The molecule has 8 heteroatoms. The molecule has 2 amide bonds. The van der Waals surface area contributed by atoms with Gasteiger partial charge in [0, 0.05) is 12.8 Å². The molecule has 0 aliphatic carbocycles. The number of nitrogens with one attached hydrogen (secondary N) is 1. The molecule has 0 heterocycles. The van der Waals surface area contributed by atoms with Crippen LogP contribution in [0.15, 0.2) is 24.3 Å². The number of carboxylic acid groups (broad SMARTS) is 1. The Balaban J connectivity index is 3.69. The van der Waals surface area contributed by atoms with Crippen LogP contribution in [-0.2, 0) is 14.4 Å². The average molecular weight is 441 g/mol. The SMILES string of the molecule is CCC(O)C(O)CC=CCC=CCCCCCCCC(=O)NC(CCC(N)=O)C(=O)O. The van der Waals surface area contributed by atoms with Crippen LogP contribution in [0.4, 0.5) is 0 Å². The normalized spacial score (nSPS) is 14.5. The smallest absolute Gasteiger partial charge is 0.326 e. The first-order valence-electron chi connectivity index (χ1n) is 11.2. The van der Waals surface area contributed by atoms with Gasteiger partial charge in [0.1, 0.15) is 6.04 Å². The Morgan fingerprint density at radius 2 is 1.55 bits per heavy atom. The number of aliphatic hydroxyl groups excluding tert-OH is 2. The number of amides is 2. The van der Waals surface area contributed by atoms with Crippen LogP contribution in [0, 0.1) is 0 Å². The van der Waals surface area contributed by atoms with E-state index < -0.39 is 30.1 Å². The summed E-state index contributed by atoms with van der Waals surface area (Å²) in [5.74, 6) is -2.06. The van der Waals surface area contributed by atoms with Gasteiger partial charge in [-0.2, -0.15) is 0 Å². The molecule has 0 aliphatic rings. The molecule has 0 radical (unpaired) electrons. The summed E-state index contributed by atoms with van der Waals surface area (Å²) in [5, 5.41) is 30.6. The topological polar surface area (TPSA) is 150 Å². The van der Waals surface area contributed by atoms with Crippen LogP contribution in [-0.4, -0.2) is 51.4 Å². The first-order valence-corrected chi connectivity index (χ1v) is 11.2. The minimum absolute atomic E-state index is 0.00362. The van der Waals surface area contributed by atoms with Crippen molar-refractivity contribution >= 4 is 17.8 Å². The average Bonchev–Trinajstić information content (AvgIpc) is 2.73. The zero-order valence-electron chi connectivity index (χ0n) is 18.7. The van der Waals surface area contributed by atoms with Crippen molar-refractivity contribution in [2.75, 3.05) is 0 Å².